The Morgan fingerprint density at radius 1 is 1.03 bits per heavy atom. The second-order valence-corrected chi connectivity index (χ2v) is 8.47. The van der Waals surface area contributed by atoms with Gasteiger partial charge in [-0.05, 0) is 42.9 Å². The normalized spacial score (nSPS) is 14.7. The molecule has 1 aliphatic heterocycles. The molecule has 4 rings (SSSR count). The number of likely N-dealkylation sites (tertiary alicyclic amines) is 1. The fraction of sp³-hybridized carbons (Fsp3) is 0.375. The van der Waals surface area contributed by atoms with E-state index in [-0.39, 0.29) is 17.6 Å². The van der Waals surface area contributed by atoms with E-state index < -0.39 is 0 Å². The molecule has 7 heteroatoms. The number of nitrogens with zero attached hydrogens (tertiary/aromatic N) is 5. The molecule has 1 fully saturated rings. The minimum Gasteiger partial charge on any atom is -0.339 e. The molecule has 0 atom stereocenters. The number of pyridine rings is 1. The Labute approximate surface area is 182 Å². The summed E-state index contributed by atoms with van der Waals surface area (Å²) in [4.78, 5) is 35.7. The van der Waals surface area contributed by atoms with Crippen molar-refractivity contribution in [1.29, 1.82) is 0 Å². The highest BCUT2D eigenvalue weighted by Gasteiger charge is 2.28. The van der Waals surface area contributed by atoms with Gasteiger partial charge in [0, 0.05) is 30.8 Å². The first kappa shape index (κ1) is 20.9. The van der Waals surface area contributed by atoms with Crippen LogP contribution in [-0.2, 0) is 6.42 Å². The van der Waals surface area contributed by atoms with Crippen molar-refractivity contribution in [3.05, 3.63) is 71.9 Å². The summed E-state index contributed by atoms with van der Waals surface area (Å²) >= 11 is 0. The number of benzene rings is 1. The number of aromatic nitrogens is 4. The number of piperidine rings is 1. The Hall–Kier alpha value is -3.35. The average Bonchev–Trinajstić information content (AvgIpc) is 3.33. The van der Waals surface area contributed by atoms with E-state index in [2.05, 4.69) is 41.0 Å². The molecule has 3 heterocycles. The first-order chi connectivity index (χ1) is 15.0. The lowest BCUT2D eigenvalue weighted by atomic mass is 9.88. The lowest BCUT2D eigenvalue weighted by Crippen LogP contribution is -2.40. The predicted octanol–water partition coefficient (Wildman–Crippen LogP) is 3.60. The topological polar surface area (TPSA) is 81.0 Å². The lowest BCUT2D eigenvalue weighted by molar-refractivity contribution is 0.0650. The van der Waals surface area contributed by atoms with E-state index >= 15 is 0 Å². The molecule has 0 spiro atoms. The van der Waals surface area contributed by atoms with Gasteiger partial charge in [0.2, 0.25) is 0 Å². The summed E-state index contributed by atoms with van der Waals surface area (Å²) in [6, 6.07) is 11.5. The molecule has 3 aromatic rings. The van der Waals surface area contributed by atoms with Gasteiger partial charge < -0.3 is 4.90 Å². The zero-order valence-corrected chi connectivity index (χ0v) is 17.9. The molecular formula is C24H27N5O2. The Kier molecular flexibility index (Phi) is 6.21. The highest BCUT2D eigenvalue weighted by molar-refractivity contribution is 5.98. The summed E-state index contributed by atoms with van der Waals surface area (Å²) in [6.45, 7) is 5.53. The van der Waals surface area contributed by atoms with Crippen LogP contribution in [0.3, 0.4) is 0 Å². The molecule has 1 saturated heterocycles. The maximum absolute atomic E-state index is 12.9. The Balaban J connectivity index is 1.33. The smallest absolute Gasteiger partial charge is 0.255 e. The molecule has 0 bridgehead atoms. The molecule has 0 unspecified atom stereocenters. The zero-order chi connectivity index (χ0) is 21.8. The first-order valence-electron chi connectivity index (χ1n) is 10.7. The number of amides is 1. The molecule has 2 aromatic heterocycles. The predicted molar refractivity (Wildman–Crippen MR) is 117 cm³/mol. The van der Waals surface area contributed by atoms with E-state index in [1.807, 2.05) is 17.0 Å². The van der Waals surface area contributed by atoms with Gasteiger partial charge in [0.25, 0.3) is 5.91 Å². The van der Waals surface area contributed by atoms with Crippen molar-refractivity contribution in [3.8, 4) is 5.82 Å². The Morgan fingerprint density at radius 2 is 1.74 bits per heavy atom. The molecule has 0 aliphatic carbocycles. The fourth-order valence-corrected chi connectivity index (χ4v) is 4.01. The van der Waals surface area contributed by atoms with Gasteiger partial charge in [0.05, 0.1) is 5.56 Å². The van der Waals surface area contributed by atoms with E-state index in [4.69, 9.17) is 0 Å². The molecule has 0 N–H and O–H groups in total. The first-order valence-corrected chi connectivity index (χ1v) is 10.7. The van der Waals surface area contributed by atoms with Crippen LogP contribution < -0.4 is 0 Å². The quantitative estimate of drug-likeness (QED) is 0.573. The molecular weight excluding hydrogens is 390 g/mol. The van der Waals surface area contributed by atoms with Crippen molar-refractivity contribution >= 4 is 11.7 Å². The second-order valence-electron chi connectivity index (χ2n) is 8.47. The highest BCUT2D eigenvalue weighted by Crippen LogP contribution is 2.23. The van der Waals surface area contributed by atoms with Crippen LogP contribution in [0.5, 0.6) is 0 Å². The zero-order valence-electron chi connectivity index (χ0n) is 17.9. The number of rotatable bonds is 6. The fourth-order valence-electron chi connectivity index (χ4n) is 4.01. The number of hydrogen-bond donors (Lipinski definition) is 0. The summed E-state index contributed by atoms with van der Waals surface area (Å²) in [6.07, 6.45) is 6.94. The van der Waals surface area contributed by atoms with E-state index in [1.54, 1.807) is 29.3 Å². The molecule has 1 amide bonds. The maximum Gasteiger partial charge on any atom is 0.255 e. The van der Waals surface area contributed by atoms with Gasteiger partial charge in [0.15, 0.2) is 11.6 Å². The van der Waals surface area contributed by atoms with Gasteiger partial charge in [-0.1, -0.05) is 38.1 Å². The van der Waals surface area contributed by atoms with Crippen molar-refractivity contribution < 1.29 is 9.59 Å². The van der Waals surface area contributed by atoms with E-state index in [0.29, 0.717) is 43.2 Å². The monoisotopic (exact) mass is 417 g/mol. The summed E-state index contributed by atoms with van der Waals surface area (Å²) in [5.74, 6) is 1.30. The van der Waals surface area contributed by atoms with Crippen LogP contribution in [0.25, 0.3) is 5.82 Å². The number of carbonyl (C=O) groups excluding carboxylic acids is 2. The van der Waals surface area contributed by atoms with Crippen molar-refractivity contribution in [1.82, 2.24) is 24.6 Å². The van der Waals surface area contributed by atoms with Crippen molar-refractivity contribution in [3.63, 3.8) is 0 Å². The molecule has 0 saturated carbocycles. The highest BCUT2D eigenvalue weighted by atomic mass is 16.2. The van der Waals surface area contributed by atoms with Crippen molar-refractivity contribution in [2.24, 2.45) is 11.8 Å². The number of Topliss-reactive ketones (excluding diaryl/α,β-unsaturated/α-hetero) is 1. The van der Waals surface area contributed by atoms with Gasteiger partial charge >= 0.3 is 0 Å². The third kappa shape index (κ3) is 4.87. The molecule has 160 valence electrons. The average molecular weight is 418 g/mol. The molecule has 31 heavy (non-hydrogen) atoms. The summed E-state index contributed by atoms with van der Waals surface area (Å²) in [5.41, 5.74) is 2.56. The van der Waals surface area contributed by atoms with E-state index in [0.717, 1.165) is 12.0 Å². The van der Waals surface area contributed by atoms with Crippen LogP contribution in [0, 0.1) is 11.8 Å². The van der Waals surface area contributed by atoms with Crippen molar-refractivity contribution in [2.45, 2.75) is 33.1 Å². The van der Waals surface area contributed by atoms with Crippen molar-refractivity contribution in [2.75, 3.05) is 13.1 Å². The lowest BCUT2D eigenvalue weighted by Gasteiger charge is -2.31. The minimum atomic E-state index is -0.0541. The standard InChI is InChI=1S/C24H27N5O2/c1-17(2)13-18-3-5-19(6-4-18)23(30)20-9-11-28(12-10-20)24(31)21-7-8-22(26-14-21)29-16-25-15-27-29/h3-8,14-17,20H,9-13H2,1-2H3. The molecule has 7 nitrogen and oxygen atoms in total. The number of carbonyl (C=O) groups is 2. The van der Waals surface area contributed by atoms with Gasteiger partial charge in [-0.15, -0.1) is 0 Å². The summed E-state index contributed by atoms with van der Waals surface area (Å²) < 4.78 is 1.54. The van der Waals surface area contributed by atoms with Gasteiger partial charge in [0.1, 0.15) is 12.7 Å². The van der Waals surface area contributed by atoms with Crippen LogP contribution >= 0.6 is 0 Å². The molecule has 1 aromatic carbocycles. The van der Waals surface area contributed by atoms with Crippen LogP contribution in [0.2, 0.25) is 0 Å². The number of hydrogen-bond acceptors (Lipinski definition) is 5. The maximum atomic E-state index is 12.9. The van der Waals surface area contributed by atoms with Crippen LogP contribution in [0.4, 0.5) is 0 Å². The van der Waals surface area contributed by atoms with Gasteiger partial charge in [-0.25, -0.2) is 14.6 Å². The largest absolute Gasteiger partial charge is 0.339 e. The molecule has 1 aliphatic rings. The SMILES string of the molecule is CC(C)Cc1ccc(C(=O)C2CCN(C(=O)c3ccc(-n4cncn4)nc3)CC2)cc1. The summed E-state index contributed by atoms with van der Waals surface area (Å²) in [7, 11) is 0. The van der Waals surface area contributed by atoms with Crippen LogP contribution in [0.15, 0.2) is 55.2 Å². The van der Waals surface area contributed by atoms with Crippen LogP contribution in [0.1, 0.15) is 53.0 Å². The third-order valence-corrected chi connectivity index (χ3v) is 5.68. The Morgan fingerprint density at radius 3 is 2.32 bits per heavy atom. The van der Waals surface area contributed by atoms with Gasteiger partial charge in [-0.3, -0.25) is 9.59 Å². The molecule has 0 radical (unpaired) electrons. The van der Waals surface area contributed by atoms with E-state index in [9.17, 15) is 9.59 Å². The van der Waals surface area contributed by atoms with Gasteiger partial charge in [-0.2, -0.15) is 5.10 Å². The Bertz CT molecular complexity index is 1020. The summed E-state index contributed by atoms with van der Waals surface area (Å²) in [5, 5.41) is 4.03. The second kappa shape index (κ2) is 9.20. The van der Waals surface area contributed by atoms with E-state index in [1.165, 1.54) is 11.9 Å². The third-order valence-electron chi connectivity index (χ3n) is 5.68. The number of ketones is 1. The van der Waals surface area contributed by atoms with Crippen LogP contribution in [-0.4, -0.2) is 49.4 Å². The minimum absolute atomic E-state index is 0.0344.